The van der Waals surface area contributed by atoms with E-state index in [4.69, 9.17) is 35.5 Å². The molecule has 0 aliphatic heterocycles. The Morgan fingerprint density at radius 1 is 0.900 bits per heavy atom. The number of halogens is 2. The predicted molar refractivity (Wildman–Crippen MR) is 97.3 cm³/mol. The third-order valence-electron chi connectivity index (χ3n) is 2.43. The quantitative estimate of drug-likeness (QED) is 0.556. The molecule has 0 aliphatic carbocycles. The molecule has 0 amide bonds. The van der Waals surface area contributed by atoms with Gasteiger partial charge in [0.15, 0.2) is 0 Å². The molecule has 0 bridgehead atoms. The van der Waals surface area contributed by atoms with Crippen LogP contribution in [0, 0.1) is 0 Å². The molecular weight excluding hydrogens is 363 g/mol. The molecule has 0 aliphatic rings. The molecular formula is C11H25Cl2O3Si4. The van der Waals surface area contributed by atoms with E-state index < -0.39 is 34.5 Å². The van der Waals surface area contributed by atoms with Crippen LogP contribution < -0.4 is 0 Å². The maximum Gasteiger partial charge on any atom is 0.312 e. The summed E-state index contributed by atoms with van der Waals surface area (Å²) in [7, 11) is -8.05. The lowest BCUT2D eigenvalue weighted by atomic mass is 11.2. The SMILES string of the molecule is C=C(Cl)[Si](C)O[Si](C)(C)O[Si](C)(C)O[Si](C)(C)C(=C)Cl. The summed E-state index contributed by atoms with van der Waals surface area (Å²) in [5.74, 6) is 0. The Morgan fingerprint density at radius 2 is 1.35 bits per heavy atom. The van der Waals surface area contributed by atoms with Crippen LogP contribution in [-0.2, 0) is 12.3 Å². The summed E-state index contributed by atoms with van der Waals surface area (Å²) in [5.41, 5.74) is 0. The van der Waals surface area contributed by atoms with Gasteiger partial charge in [-0.05, 0) is 45.8 Å². The number of rotatable bonds is 8. The molecule has 0 saturated heterocycles. The predicted octanol–water partition coefficient (Wildman–Crippen LogP) is 4.85. The van der Waals surface area contributed by atoms with Crippen LogP contribution in [0.25, 0.3) is 0 Å². The molecule has 0 aromatic heterocycles. The highest BCUT2D eigenvalue weighted by Crippen LogP contribution is 2.26. The van der Waals surface area contributed by atoms with E-state index in [-0.39, 0.29) is 0 Å². The smallest absolute Gasteiger partial charge is 0.312 e. The van der Waals surface area contributed by atoms with Gasteiger partial charge in [-0.1, -0.05) is 36.4 Å². The van der Waals surface area contributed by atoms with Crippen molar-refractivity contribution in [3.05, 3.63) is 22.5 Å². The normalized spacial score (nSPS) is 13.7. The molecule has 0 fully saturated rings. The minimum Gasteiger partial charge on any atom is -0.432 e. The van der Waals surface area contributed by atoms with Crippen molar-refractivity contribution in [3.63, 3.8) is 0 Å². The van der Waals surface area contributed by atoms with Crippen LogP contribution in [0.1, 0.15) is 0 Å². The van der Waals surface area contributed by atoms with Crippen LogP contribution in [0.2, 0.25) is 45.8 Å². The number of hydrogen-bond acceptors (Lipinski definition) is 3. The topological polar surface area (TPSA) is 27.7 Å². The third kappa shape index (κ3) is 7.71. The van der Waals surface area contributed by atoms with Crippen molar-refractivity contribution in [2.24, 2.45) is 0 Å². The van der Waals surface area contributed by atoms with Crippen molar-refractivity contribution in [1.82, 2.24) is 0 Å². The van der Waals surface area contributed by atoms with Gasteiger partial charge in [-0.15, -0.1) is 0 Å². The highest BCUT2D eigenvalue weighted by Gasteiger charge is 2.42. The third-order valence-corrected chi connectivity index (χ3v) is 17.8. The van der Waals surface area contributed by atoms with Gasteiger partial charge in [-0.3, -0.25) is 0 Å². The summed E-state index contributed by atoms with van der Waals surface area (Å²) >= 11 is 11.9. The second-order valence-electron chi connectivity index (χ2n) is 5.98. The summed E-state index contributed by atoms with van der Waals surface area (Å²) in [6, 6.07) is 0. The molecule has 9 heteroatoms. The first kappa shape index (κ1) is 20.8. The Morgan fingerprint density at radius 3 is 1.70 bits per heavy atom. The minimum absolute atomic E-state index is 0.573. The van der Waals surface area contributed by atoms with Crippen molar-refractivity contribution in [1.29, 1.82) is 0 Å². The first-order valence-corrected chi connectivity index (χ1v) is 17.5. The Hall–Kier alpha value is 0.808. The Bertz CT molecular complexity index is 386. The first-order valence-electron chi connectivity index (χ1n) is 6.31. The van der Waals surface area contributed by atoms with Crippen LogP contribution in [-0.4, -0.2) is 34.5 Å². The molecule has 20 heavy (non-hydrogen) atoms. The van der Waals surface area contributed by atoms with E-state index >= 15 is 0 Å². The van der Waals surface area contributed by atoms with Crippen molar-refractivity contribution in [2.45, 2.75) is 45.8 Å². The van der Waals surface area contributed by atoms with Crippen LogP contribution >= 0.6 is 23.2 Å². The fraction of sp³-hybridized carbons (Fsp3) is 0.636. The second-order valence-corrected chi connectivity index (χ2v) is 20.9. The lowest BCUT2D eigenvalue weighted by Crippen LogP contribution is -2.54. The summed E-state index contributed by atoms with van der Waals surface area (Å²) in [5, 5.41) is 0. The highest BCUT2D eigenvalue weighted by molar-refractivity contribution is 6.94. The second kappa shape index (κ2) is 7.38. The fourth-order valence-electron chi connectivity index (χ4n) is 1.73. The molecule has 0 aromatic rings. The molecule has 1 radical (unpaired) electrons. The van der Waals surface area contributed by atoms with E-state index in [2.05, 4.69) is 13.2 Å². The first-order chi connectivity index (χ1) is 8.68. The van der Waals surface area contributed by atoms with E-state index in [1.54, 1.807) is 0 Å². The molecule has 0 rings (SSSR count). The maximum absolute atomic E-state index is 6.23. The zero-order valence-electron chi connectivity index (χ0n) is 13.4. The Balaban J connectivity index is 4.81. The van der Waals surface area contributed by atoms with E-state index in [9.17, 15) is 0 Å². The van der Waals surface area contributed by atoms with Crippen LogP contribution in [0.4, 0.5) is 0 Å². The largest absolute Gasteiger partial charge is 0.432 e. The molecule has 0 unspecified atom stereocenters. The molecule has 0 heterocycles. The average molecular weight is 389 g/mol. The van der Waals surface area contributed by atoms with Gasteiger partial charge in [0.2, 0.25) is 17.4 Å². The van der Waals surface area contributed by atoms with Crippen LogP contribution in [0.15, 0.2) is 22.5 Å². The summed E-state index contributed by atoms with van der Waals surface area (Å²) < 4.78 is 19.6. The summed E-state index contributed by atoms with van der Waals surface area (Å²) in [4.78, 5) is 0. The van der Waals surface area contributed by atoms with Gasteiger partial charge in [-0.2, -0.15) is 0 Å². The van der Waals surface area contributed by atoms with E-state index in [1.807, 2.05) is 45.8 Å². The van der Waals surface area contributed by atoms with Crippen molar-refractivity contribution in [3.8, 4) is 0 Å². The zero-order chi connectivity index (χ0) is 16.4. The molecule has 3 nitrogen and oxygen atoms in total. The van der Waals surface area contributed by atoms with Gasteiger partial charge < -0.3 is 12.3 Å². The molecule has 0 atom stereocenters. The molecule has 0 spiro atoms. The van der Waals surface area contributed by atoms with Crippen molar-refractivity contribution in [2.75, 3.05) is 0 Å². The minimum atomic E-state index is -2.34. The van der Waals surface area contributed by atoms with E-state index in [1.165, 1.54) is 0 Å². The van der Waals surface area contributed by atoms with Gasteiger partial charge in [0.1, 0.15) is 0 Å². The molecule has 0 N–H and O–H groups in total. The van der Waals surface area contributed by atoms with Gasteiger partial charge in [0, 0.05) is 9.31 Å². The van der Waals surface area contributed by atoms with E-state index in [0.29, 0.717) is 9.31 Å². The lowest BCUT2D eigenvalue weighted by molar-refractivity contribution is 0.337. The maximum atomic E-state index is 6.23. The van der Waals surface area contributed by atoms with Gasteiger partial charge in [-0.25, -0.2) is 0 Å². The van der Waals surface area contributed by atoms with Crippen LogP contribution in [0.3, 0.4) is 0 Å². The average Bonchev–Trinajstić information content (AvgIpc) is 2.11. The fourth-order valence-corrected chi connectivity index (χ4v) is 17.0. The van der Waals surface area contributed by atoms with Crippen molar-refractivity contribution < 1.29 is 12.3 Å². The van der Waals surface area contributed by atoms with Gasteiger partial charge in [0.05, 0.1) is 0 Å². The number of hydrogen-bond donors (Lipinski definition) is 0. The van der Waals surface area contributed by atoms with Gasteiger partial charge >= 0.3 is 17.1 Å². The molecule has 0 aromatic carbocycles. The zero-order valence-corrected chi connectivity index (χ0v) is 18.9. The van der Waals surface area contributed by atoms with Gasteiger partial charge in [0.25, 0.3) is 0 Å². The highest BCUT2D eigenvalue weighted by atomic mass is 35.5. The Labute approximate surface area is 138 Å². The van der Waals surface area contributed by atoms with E-state index in [0.717, 1.165) is 0 Å². The summed E-state index contributed by atoms with van der Waals surface area (Å²) in [6.07, 6.45) is 0. The monoisotopic (exact) mass is 387 g/mol. The lowest BCUT2D eigenvalue weighted by Gasteiger charge is -2.38. The standard InChI is InChI=1S/C11H25Cl2O3Si4/c1-10(12)17(3)14-19(6,7)16-20(8,9)15-18(4,5)11(2)13/h1-2H2,3-9H3. The van der Waals surface area contributed by atoms with Crippen LogP contribution in [0.5, 0.6) is 0 Å². The molecule has 117 valence electrons. The van der Waals surface area contributed by atoms with Crippen molar-refractivity contribution >= 4 is 57.7 Å². The summed E-state index contributed by atoms with van der Waals surface area (Å²) in [6.45, 7) is 21.6. The Kier molecular flexibility index (Phi) is 7.68. The molecule has 0 saturated carbocycles.